The summed E-state index contributed by atoms with van der Waals surface area (Å²) < 4.78 is 0.811. The third-order valence-electron chi connectivity index (χ3n) is 1.60. The summed E-state index contributed by atoms with van der Waals surface area (Å²) in [5.74, 6) is -0.995. The van der Waals surface area contributed by atoms with Crippen molar-refractivity contribution in [2.24, 2.45) is 0 Å². The van der Waals surface area contributed by atoms with Crippen LogP contribution in [-0.2, 0) is 4.79 Å². The summed E-state index contributed by atoms with van der Waals surface area (Å²) >= 11 is 4.66. The Bertz CT molecular complexity index is 321. The second-order valence-electron chi connectivity index (χ2n) is 2.71. The molecule has 0 spiro atoms. The molecular weight excluding hydrogens is 256 g/mol. The molecule has 1 heterocycles. The normalized spacial score (nSPS) is 12.8. The number of carboxylic acid groups (broad SMARTS) is 1. The SMILES string of the molecule is Cc1csc(C(O)CC(=O)O)c1Br. The van der Waals surface area contributed by atoms with Crippen LogP contribution in [0.2, 0.25) is 0 Å². The minimum absolute atomic E-state index is 0.251. The number of carboxylic acids is 1. The maximum absolute atomic E-state index is 10.3. The Morgan fingerprint density at radius 2 is 2.38 bits per heavy atom. The van der Waals surface area contributed by atoms with Crippen LogP contribution in [0.15, 0.2) is 9.85 Å². The molecule has 2 N–H and O–H groups in total. The maximum atomic E-state index is 10.3. The lowest BCUT2D eigenvalue weighted by Crippen LogP contribution is -2.04. The third kappa shape index (κ3) is 2.52. The van der Waals surface area contributed by atoms with Gasteiger partial charge in [0.25, 0.3) is 0 Å². The Balaban J connectivity index is 2.82. The lowest BCUT2D eigenvalue weighted by Gasteiger charge is -2.05. The first-order valence-corrected chi connectivity index (χ1v) is 5.33. The Labute approximate surface area is 88.1 Å². The average molecular weight is 265 g/mol. The van der Waals surface area contributed by atoms with Gasteiger partial charge in [-0.15, -0.1) is 11.3 Å². The van der Waals surface area contributed by atoms with Crippen molar-refractivity contribution < 1.29 is 15.0 Å². The van der Waals surface area contributed by atoms with E-state index in [0.717, 1.165) is 10.0 Å². The number of aryl methyl sites for hydroxylation is 1. The highest BCUT2D eigenvalue weighted by Crippen LogP contribution is 2.33. The first kappa shape index (κ1) is 10.7. The van der Waals surface area contributed by atoms with Crippen LogP contribution >= 0.6 is 27.3 Å². The molecule has 0 radical (unpaired) electrons. The molecule has 5 heteroatoms. The highest BCUT2D eigenvalue weighted by Gasteiger charge is 2.17. The van der Waals surface area contributed by atoms with E-state index in [0.29, 0.717) is 4.88 Å². The minimum Gasteiger partial charge on any atom is -0.481 e. The molecule has 13 heavy (non-hydrogen) atoms. The summed E-state index contributed by atoms with van der Waals surface area (Å²) in [5.41, 5.74) is 1.02. The van der Waals surface area contributed by atoms with E-state index in [1.54, 1.807) is 0 Å². The molecule has 1 unspecified atom stereocenters. The molecule has 3 nitrogen and oxygen atoms in total. The summed E-state index contributed by atoms with van der Waals surface area (Å²) in [5, 5.41) is 19.8. The van der Waals surface area contributed by atoms with Crippen molar-refractivity contribution in [3.05, 3.63) is 20.3 Å². The van der Waals surface area contributed by atoms with Crippen molar-refractivity contribution in [2.75, 3.05) is 0 Å². The van der Waals surface area contributed by atoms with E-state index in [1.165, 1.54) is 11.3 Å². The number of rotatable bonds is 3. The minimum atomic E-state index is -0.995. The van der Waals surface area contributed by atoms with Gasteiger partial charge in [0.15, 0.2) is 0 Å². The van der Waals surface area contributed by atoms with Gasteiger partial charge in [-0.1, -0.05) is 0 Å². The van der Waals surface area contributed by atoms with Crippen molar-refractivity contribution in [3.63, 3.8) is 0 Å². The zero-order chi connectivity index (χ0) is 10.0. The average Bonchev–Trinajstić information content (AvgIpc) is 2.31. The highest BCUT2D eigenvalue weighted by atomic mass is 79.9. The predicted molar refractivity (Wildman–Crippen MR) is 54.0 cm³/mol. The number of aliphatic carboxylic acids is 1. The number of carbonyl (C=O) groups is 1. The fourth-order valence-electron chi connectivity index (χ4n) is 0.933. The number of aliphatic hydroxyl groups excluding tert-OH is 1. The van der Waals surface area contributed by atoms with E-state index in [9.17, 15) is 9.90 Å². The van der Waals surface area contributed by atoms with Crippen LogP contribution < -0.4 is 0 Å². The molecule has 0 aromatic carbocycles. The first-order chi connectivity index (χ1) is 6.02. The summed E-state index contributed by atoms with van der Waals surface area (Å²) in [6, 6.07) is 0. The number of hydrogen-bond donors (Lipinski definition) is 2. The lowest BCUT2D eigenvalue weighted by molar-refractivity contribution is -0.139. The molecule has 1 atom stereocenters. The number of thiophene rings is 1. The molecule has 0 fully saturated rings. The molecule has 0 aliphatic carbocycles. The van der Waals surface area contributed by atoms with Gasteiger partial charge in [0.1, 0.15) is 0 Å². The third-order valence-corrected chi connectivity index (χ3v) is 4.11. The molecule has 1 rings (SSSR count). The standard InChI is InChI=1S/C8H9BrO3S/c1-4-3-13-8(7(4)9)5(10)2-6(11)12/h3,5,10H,2H2,1H3,(H,11,12). The van der Waals surface area contributed by atoms with Gasteiger partial charge in [-0.3, -0.25) is 4.79 Å². The number of halogens is 1. The van der Waals surface area contributed by atoms with Gasteiger partial charge in [0.05, 0.1) is 12.5 Å². The van der Waals surface area contributed by atoms with Crippen molar-refractivity contribution >= 4 is 33.2 Å². The van der Waals surface area contributed by atoms with E-state index < -0.39 is 12.1 Å². The van der Waals surface area contributed by atoms with Crippen molar-refractivity contribution in [2.45, 2.75) is 19.4 Å². The van der Waals surface area contributed by atoms with Gasteiger partial charge < -0.3 is 10.2 Å². The Hall–Kier alpha value is -0.390. The number of aliphatic hydroxyl groups is 1. The molecule has 72 valence electrons. The van der Waals surface area contributed by atoms with Gasteiger partial charge in [-0.2, -0.15) is 0 Å². The molecule has 0 aliphatic heterocycles. The van der Waals surface area contributed by atoms with Crippen LogP contribution in [0.5, 0.6) is 0 Å². The van der Waals surface area contributed by atoms with Gasteiger partial charge in [-0.05, 0) is 33.8 Å². The fourth-order valence-corrected chi connectivity index (χ4v) is 2.67. The molecule has 0 saturated carbocycles. The second-order valence-corrected chi connectivity index (χ2v) is 4.41. The summed E-state index contributed by atoms with van der Waals surface area (Å²) in [7, 11) is 0. The largest absolute Gasteiger partial charge is 0.481 e. The van der Waals surface area contributed by atoms with Gasteiger partial charge in [-0.25, -0.2) is 0 Å². The molecule has 1 aromatic heterocycles. The maximum Gasteiger partial charge on any atom is 0.306 e. The number of hydrogen-bond acceptors (Lipinski definition) is 3. The predicted octanol–water partition coefficient (Wildman–Crippen LogP) is 2.33. The summed E-state index contributed by atoms with van der Waals surface area (Å²) in [4.78, 5) is 11.0. The fraction of sp³-hybridized carbons (Fsp3) is 0.375. The molecule has 0 bridgehead atoms. The zero-order valence-electron chi connectivity index (χ0n) is 6.95. The molecule has 0 aliphatic rings. The topological polar surface area (TPSA) is 57.5 Å². The molecule has 0 saturated heterocycles. The van der Waals surface area contributed by atoms with E-state index in [-0.39, 0.29) is 6.42 Å². The first-order valence-electron chi connectivity index (χ1n) is 3.65. The lowest BCUT2D eigenvalue weighted by atomic mass is 10.2. The van der Waals surface area contributed by atoms with Gasteiger partial charge in [0, 0.05) is 9.35 Å². The quantitative estimate of drug-likeness (QED) is 0.881. The molecule has 1 aromatic rings. The smallest absolute Gasteiger partial charge is 0.306 e. The van der Waals surface area contributed by atoms with E-state index in [4.69, 9.17) is 5.11 Å². The summed E-state index contributed by atoms with van der Waals surface area (Å²) in [6.07, 6.45) is -1.16. The molecule has 0 amide bonds. The summed E-state index contributed by atoms with van der Waals surface area (Å²) in [6.45, 7) is 1.90. The van der Waals surface area contributed by atoms with E-state index >= 15 is 0 Å². The van der Waals surface area contributed by atoms with Gasteiger partial charge >= 0.3 is 5.97 Å². The van der Waals surface area contributed by atoms with Crippen LogP contribution in [0.3, 0.4) is 0 Å². The van der Waals surface area contributed by atoms with Gasteiger partial charge in [0.2, 0.25) is 0 Å². The van der Waals surface area contributed by atoms with Crippen molar-refractivity contribution in [3.8, 4) is 0 Å². The zero-order valence-corrected chi connectivity index (χ0v) is 9.35. The Kier molecular flexibility index (Phi) is 3.47. The second kappa shape index (κ2) is 4.21. The van der Waals surface area contributed by atoms with E-state index in [2.05, 4.69) is 15.9 Å². The van der Waals surface area contributed by atoms with Crippen LogP contribution in [0.1, 0.15) is 23.0 Å². The molecular formula is C8H9BrO3S. The van der Waals surface area contributed by atoms with Crippen molar-refractivity contribution in [1.82, 2.24) is 0 Å². The highest BCUT2D eigenvalue weighted by molar-refractivity contribution is 9.10. The Morgan fingerprint density at radius 3 is 2.77 bits per heavy atom. The van der Waals surface area contributed by atoms with Crippen LogP contribution in [-0.4, -0.2) is 16.2 Å². The Morgan fingerprint density at radius 1 is 1.77 bits per heavy atom. The van der Waals surface area contributed by atoms with Crippen molar-refractivity contribution in [1.29, 1.82) is 0 Å². The van der Waals surface area contributed by atoms with E-state index in [1.807, 2.05) is 12.3 Å². The van der Waals surface area contributed by atoms with Crippen LogP contribution in [0.25, 0.3) is 0 Å². The monoisotopic (exact) mass is 264 g/mol. The van der Waals surface area contributed by atoms with Crippen LogP contribution in [0.4, 0.5) is 0 Å². The van der Waals surface area contributed by atoms with Crippen LogP contribution in [0, 0.1) is 6.92 Å².